The Labute approximate surface area is 220 Å². The first kappa shape index (κ1) is 25.5. The first-order valence-electron chi connectivity index (χ1n) is 13.6. The quantitative estimate of drug-likeness (QED) is 0.563. The highest BCUT2D eigenvalue weighted by Crippen LogP contribution is 2.35. The summed E-state index contributed by atoms with van der Waals surface area (Å²) in [4.78, 5) is 21.5. The van der Waals surface area contributed by atoms with Gasteiger partial charge in [-0.1, -0.05) is 5.92 Å². The van der Waals surface area contributed by atoms with Gasteiger partial charge in [0, 0.05) is 75.6 Å². The molecule has 2 aromatic heterocycles. The van der Waals surface area contributed by atoms with E-state index in [1.54, 1.807) is 6.92 Å². The predicted molar refractivity (Wildman–Crippen MR) is 146 cm³/mol. The summed E-state index contributed by atoms with van der Waals surface area (Å²) in [6.07, 6.45) is 15.6. The second-order valence-electron chi connectivity index (χ2n) is 11.3. The van der Waals surface area contributed by atoms with Crippen LogP contribution in [-0.4, -0.2) is 57.4 Å². The van der Waals surface area contributed by atoms with Gasteiger partial charge in [0.2, 0.25) is 5.91 Å². The highest BCUT2D eigenvalue weighted by Gasteiger charge is 2.33. The van der Waals surface area contributed by atoms with Gasteiger partial charge in [-0.05, 0) is 75.3 Å². The number of carbonyl (C=O) groups is 1. The second-order valence-corrected chi connectivity index (χ2v) is 11.3. The largest absolute Gasteiger partial charge is 0.381 e. The standard InChI is InChI=1S/C30H39N5O2/c1-6-21(2)16-23-18-29(34-12-7-11-30(34,4)5)31-19-24(23)17-27-26-20-33(22(3)36)13-8-28(26)35(32-27)25-9-14-37-15-10-25/h1,16,18-19,25H,7-15,17,20H2,2-5H3/b21-16-. The number of nitrogens with zero attached hydrogens (tertiary/aromatic N) is 5. The smallest absolute Gasteiger partial charge is 0.219 e. The lowest BCUT2D eigenvalue weighted by atomic mass is 9.97. The van der Waals surface area contributed by atoms with Crippen LogP contribution in [0.2, 0.25) is 0 Å². The number of aromatic nitrogens is 3. The summed E-state index contributed by atoms with van der Waals surface area (Å²) in [6.45, 7) is 12.1. The maximum atomic E-state index is 12.3. The van der Waals surface area contributed by atoms with Crippen molar-refractivity contribution in [3.63, 3.8) is 0 Å². The molecule has 0 radical (unpaired) electrons. The van der Waals surface area contributed by atoms with E-state index in [-0.39, 0.29) is 11.4 Å². The number of anilines is 1. The van der Waals surface area contributed by atoms with Crippen molar-refractivity contribution >= 4 is 17.8 Å². The zero-order chi connectivity index (χ0) is 26.2. The topological polar surface area (TPSA) is 63.5 Å². The van der Waals surface area contributed by atoms with E-state index < -0.39 is 0 Å². The number of hydrogen-bond donors (Lipinski definition) is 0. The minimum absolute atomic E-state index is 0.0916. The van der Waals surface area contributed by atoms with E-state index in [1.165, 1.54) is 17.7 Å². The molecular weight excluding hydrogens is 462 g/mol. The minimum Gasteiger partial charge on any atom is -0.381 e. The van der Waals surface area contributed by atoms with E-state index >= 15 is 0 Å². The molecular formula is C30H39N5O2. The van der Waals surface area contributed by atoms with Crippen LogP contribution >= 0.6 is 0 Å². The Bertz CT molecular complexity index is 1250. The van der Waals surface area contributed by atoms with Gasteiger partial charge in [-0.25, -0.2) is 4.98 Å². The molecule has 2 aromatic rings. The van der Waals surface area contributed by atoms with Crippen molar-refractivity contribution in [1.82, 2.24) is 19.7 Å². The molecule has 5 heterocycles. The molecule has 37 heavy (non-hydrogen) atoms. The van der Waals surface area contributed by atoms with Crippen LogP contribution in [0, 0.1) is 12.3 Å². The third-order valence-corrected chi connectivity index (χ3v) is 8.29. The monoisotopic (exact) mass is 501 g/mol. The van der Waals surface area contributed by atoms with Crippen LogP contribution in [0.25, 0.3) is 6.08 Å². The molecule has 1 amide bonds. The first-order valence-corrected chi connectivity index (χ1v) is 13.6. The highest BCUT2D eigenvalue weighted by molar-refractivity contribution is 5.73. The third-order valence-electron chi connectivity index (χ3n) is 8.29. The van der Waals surface area contributed by atoms with Crippen LogP contribution in [0.1, 0.15) is 87.5 Å². The maximum Gasteiger partial charge on any atom is 0.219 e. The van der Waals surface area contributed by atoms with Crippen molar-refractivity contribution in [2.45, 2.75) is 84.3 Å². The van der Waals surface area contributed by atoms with Gasteiger partial charge in [-0.3, -0.25) is 9.48 Å². The van der Waals surface area contributed by atoms with E-state index in [4.69, 9.17) is 21.2 Å². The molecule has 0 saturated carbocycles. The van der Waals surface area contributed by atoms with Crippen LogP contribution in [0.4, 0.5) is 5.82 Å². The second kappa shape index (κ2) is 10.3. The van der Waals surface area contributed by atoms with E-state index in [0.717, 1.165) is 80.2 Å². The Morgan fingerprint density at radius 1 is 1.27 bits per heavy atom. The molecule has 0 N–H and O–H groups in total. The molecule has 0 bridgehead atoms. The Hall–Kier alpha value is -3.11. The Morgan fingerprint density at radius 2 is 2.05 bits per heavy atom. The molecule has 0 atom stereocenters. The van der Waals surface area contributed by atoms with Gasteiger partial charge in [0.15, 0.2) is 0 Å². The van der Waals surface area contributed by atoms with Crippen molar-refractivity contribution in [2.75, 3.05) is 31.2 Å². The van der Waals surface area contributed by atoms with Gasteiger partial charge >= 0.3 is 0 Å². The van der Waals surface area contributed by atoms with Gasteiger partial charge in [-0.2, -0.15) is 5.10 Å². The predicted octanol–water partition coefficient (Wildman–Crippen LogP) is 4.54. The normalized spacial score (nSPS) is 20.1. The maximum absolute atomic E-state index is 12.3. The zero-order valence-corrected chi connectivity index (χ0v) is 22.7. The zero-order valence-electron chi connectivity index (χ0n) is 22.7. The van der Waals surface area contributed by atoms with Crippen LogP contribution in [0.15, 0.2) is 17.8 Å². The lowest BCUT2D eigenvalue weighted by Gasteiger charge is -2.33. The van der Waals surface area contributed by atoms with Gasteiger partial charge in [0.1, 0.15) is 5.82 Å². The summed E-state index contributed by atoms with van der Waals surface area (Å²) in [5.74, 6) is 3.89. The lowest BCUT2D eigenvalue weighted by molar-refractivity contribution is -0.129. The number of rotatable bonds is 5. The summed E-state index contributed by atoms with van der Waals surface area (Å²) in [5, 5.41) is 5.19. The van der Waals surface area contributed by atoms with Crippen LogP contribution in [0.5, 0.6) is 0 Å². The molecule has 3 aliphatic rings. The number of pyridine rings is 1. The lowest BCUT2D eigenvalue weighted by Crippen LogP contribution is -2.38. The number of terminal acetylenes is 1. The van der Waals surface area contributed by atoms with Crippen molar-refractivity contribution in [2.24, 2.45) is 0 Å². The fourth-order valence-electron chi connectivity index (χ4n) is 6.06. The van der Waals surface area contributed by atoms with E-state index in [0.29, 0.717) is 19.0 Å². The van der Waals surface area contributed by atoms with Gasteiger partial charge < -0.3 is 14.5 Å². The number of fused-ring (bicyclic) bond motifs is 1. The Morgan fingerprint density at radius 3 is 2.73 bits per heavy atom. The summed E-state index contributed by atoms with van der Waals surface area (Å²) < 4.78 is 7.87. The van der Waals surface area contributed by atoms with Gasteiger partial charge in [0.25, 0.3) is 0 Å². The molecule has 5 rings (SSSR count). The number of allylic oxidation sites excluding steroid dienone is 1. The average Bonchev–Trinajstić information content (AvgIpc) is 3.44. The fourth-order valence-corrected chi connectivity index (χ4v) is 6.06. The summed E-state index contributed by atoms with van der Waals surface area (Å²) >= 11 is 0. The SMILES string of the molecule is C#C/C(C)=C\c1cc(N2CCCC2(C)C)ncc1Cc1nn(C2CCOCC2)c2c1CN(C(C)=O)CC2. The Kier molecular flexibility index (Phi) is 7.13. The molecule has 0 spiro atoms. The molecule has 7 heteroatoms. The van der Waals surface area contributed by atoms with E-state index in [9.17, 15) is 4.79 Å². The number of amides is 1. The van der Waals surface area contributed by atoms with Crippen molar-refractivity contribution in [3.05, 3.63) is 45.9 Å². The van der Waals surface area contributed by atoms with E-state index in [2.05, 4.69) is 41.5 Å². The van der Waals surface area contributed by atoms with Gasteiger partial charge in [-0.15, -0.1) is 6.42 Å². The van der Waals surface area contributed by atoms with Gasteiger partial charge in [0.05, 0.1) is 11.7 Å². The molecule has 7 nitrogen and oxygen atoms in total. The Balaban J connectivity index is 1.54. The van der Waals surface area contributed by atoms with Crippen molar-refractivity contribution in [1.29, 1.82) is 0 Å². The van der Waals surface area contributed by atoms with Crippen LogP contribution in [-0.2, 0) is 28.9 Å². The van der Waals surface area contributed by atoms with Crippen molar-refractivity contribution < 1.29 is 9.53 Å². The first-order chi connectivity index (χ1) is 17.8. The highest BCUT2D eigenvalue weighted by atomic mass is 16.5. The molecule has 0 aromatic carbocycles. The average molecular weight is 502 g/mol. The van der Waals surface area contributed by atoms with Crippen LogP contribution in [0.3, 0.4) is 0 Å². The third kappa shape index (κ3) is 5.17. The minimum atomic E-state index is 0.0916. The molecule has 3 aliphatic heterocycles. The number of ether oxygens (including phenoxy) is 1. The fraction of sp³-hybridized carbons (Fsp3) is 0.567. The number of hydrogen-bond acceptors (Lipinski definition) is 5. The molecule has 2 saturated heterocycles. The molecule has 0 aliphatic carbocycles. The van der Waals surface area contributed by atoms with Crippen molar-refractivity contribution in [3.8, 4) is 12.3 Å². The van der Waals surface area contributed by atoms with E-state index in [1.807, 2.05) is 18.0 Å². The molecule has 2 fully saturated rings. The summed E-state index contributed by atoms with van der Waals surface area (Å²) in [7, 11) is 0. The molecule has 196 valence electrons. The summed E-state index contributed by atoms with van der Waals surface area (Å²) in [5.41, 5.74) is 6.69. The summed E-state index contributed by atoms with van der Waals surface area (Å²) in [6, 6.07) is 2.54. The number of carbonyl (C=O) groups excluding carboxylic acids is 1. The molecule has 0 unspecified atom stereocenters. The van der Waals surface area contributed by atoms with Crippen LogP contribution < -0.4 is 4.90 Å².